The molecule has 0 rings (SSSR count). The molecule has 3 N–H and O–H groups in total. The molecule has 1 unspecified atom stereocenters. The van der Waals surface area contributed by atoms with Gasteiger partial charge >= 0.3 is 5.97 Å². The number of carboxylic acid groups (broad SMARTS) is 1. The Morgan fingerprint density at radius 2 is 2.25 bits per heavy atom. The number of carbonyl (C=O) groups is 2. The average molecular weight is 280 g/mol. The number of nitrogens with two attached hydrogens (primary N) is 1. The Hall–Kier alpha value is 0.0734. The van der Waals surface area contributed by atoms with Gasteiger partial charge in [0.25, 0.3) is 0 Å². The second-order valence-corrected chi connectivity index (χ2v) is 3.19. The molecule has 1 radical (unpaired) electrons. The van der Waals surface area contributed by atoms with Gasteiger partial charge in [-0.3, -0.25) is 0 Å². The van der Waals surface area contributed by atoms with Crippen molar-refractivity contribution in [2.75, 3.05) is 12.0 Å². The minimum Gasteiger partial charge on any atom is -0.480 e. The van der Waals surface area contributed by atoms with Crippen LogP contribution >= 0.6 is 11.8 Å². The van der Waals surface area contributed by atoms with Crippen molar-refractivity contribution in [3.8, 4) is 0 Å². The summed E-state index contributed by atoms with van der Waals surface area (Å²) in [4.78, 5) is 20.7. The Bertz CT molecular complexity index is 167. The van der Waals surface area contributed by atoms with Crippen LogP contribution in [0.5, 0.6) is 0 Å². The van der Waals surface area contributed by atoms with Crippen LogP contribution < -0.4 is 5.73 Å². The normalized spacial score (nSPS) is 14.2. The minimum absolute atomic E-state index is 0. The zero-order chi connectivity index (χ0) is 8.91. The van der Waals surface area contributed by atoms with E-state index in [9.17, 15) is 9.59 Å². The zero-order valence-electron chi connectivity index (χ0n) is 6.57. The second-order valence-electron chi connectivity index (χ2n) is 2.21. The molecule has 0 heterocycles. The van der Waals surface area contributed by atoms with Gasteiger partial charge in [-0.05, 0) is 18.4 Å². The van der Waals surface area contributed by atoms with Gasteiger partial charge in [-0.2, -0.15) is 11.8 Å². The molecule has 0 aliphatic carbocycles. The maximum Gasteiger partial charge on any atom is 0.331 e. The first kappa shape index (κ1) is 14.6. The molecule has 0 saturated carbocycles. The molecule has 0 saturated heterocycles. The van der Waals surface area contributed by atoms with Gasteiger partial charge in [0.15, 0.2) is 11.8 Å². The molecular formula is C6H11NO3RhS. The Morgan fingerprint density at radius 1 is 1.75 bits per heavy atom. The van der Waals surface area contributed by atoms with E-state index in [1.807, 2.05) is 6.26 Å². The van der Waals surface area contributed by atoms with Crippen molar-refractivity contribution >= 4 is 24.0 Å². The molecule has 0 amide bonds. The van der Waals surface area contributed by atoms with Gasteiger partial charge in [0.1, 0.15) is 0 Å². The quantitative estimate of drug-likeness (QED) is 0.411. The number of carboxylic acids is 1. The van der Waals surface area contributed by atoms with E-state index in [0.29, 0.717) is 5.75 Å². The summed E-state index contributed by atoms with van der Waals surface area (Å²) < 4.78 is 0. The van der Waals surface area contributed by atoms with Crippen molar-refractivity contribution in [3.63, 3.8) is 0 Å². The fourth-order valence-corrected chi connectivity index (χ4v) is 1.03. The molecule has 0 aromatic carbocycles. The molecule has 4 nitrogen and oxygen atoms in total. The van der Waals surface area contributed by atoms with E-state index >= 15 is 0 Å². The molecule has 1 atom stereocenters. The molecule has 0 fully saturated rings. The summed E-state index contributed by atoms with van der Waals surface area (Å²) in [7, 11) is 0. The molecule has 0 aliphatic heterocycles. The summed E-state index contributed by atoms with van der Waals surface area (Å²) >= 11 is 1.46. The summed E-state index contributed by atoms with van der Waals surface area (Å²) in [5.74, 6) is -0.691. The van der Waals surface area contributed by atoms with E-state index in [0.717, 1.165) is 0 Å². The van der Waals surface area contributed by atoms with E-state index < -0.39 is 11.5 Å². The van der Waals surface area contributed by atoms with Gasteiger partial charge in [0.05, 0.1) is 0 Å². The van der Waals surface area contributed by atoms with Crippen molar-refractivity contribution in [1.82, 2.24) is 0 Å². The van der Waals surface area contributed by atoms with Gasteiger partial charge in [-0.15, -0.1) is 0 Å². The molecule has 6 heteroatoms. The molecule has 0 spiro atoms. The number of hydrogen-bond acceptors (Lipinski definition) is 4. The first-order chi connectivity index (χ1) is 5.06. The minimum atomic E-state index is -1.69. The second kappa shape index (κ2) is 6.57. The maximum atomic E-state index is 10.4. The number of aldehydes is 1. The summed E-state index contributed by atoms with van der Waals surface area (Å²) in [5, 5.41) is 8.49. The van der Waals surface area contributed by atoms with Crippen LogP contribution in [0.2, 0.25) is 0 Å². The van der Waals surface area contributed by atoms with E-state index in [1.165, 1.54) is 11.8 Å². The average Bonchev–Trinajstić information content (AvgIpc) is 2.00. The van der Waals surface area contributed by atoms with Gasteiger partial charge in [-0.25, -0.2) is 4.79 Å². The number of aliphatic carboxylic acids is 1. The van der Waals surface area contributed by atoms with Crippen LogP contribution in [0.3, 0.4) is 0 Å². The summed E-state index contributed by atoms with van der Waals surface area (Å²) in [6, 6.07) is 0. The Morgan fingerprint density at radius 3 is 2.50 bits per heavy atom. The van der Waals surface area contributed by atoms with Crippen LogP contribution in [0.4, 0.5) is 0 Å². The van der Waals surface area contributed by atoms with Gasteiger partial charge in [0, 0.05) is 19.5 Å². The Balaban J connectivity index is 0. The van der Waals surface area contributed by atoms with Crippen LogP contribution in [0.1, 0.15) is 6.42 Å². The molecule has 0 aromatic rings. The third kappa shape index (κ3) is 4.19. The third-order valence-corrected chi connectivity index (χ3v) is 1.94. The number of rotatable bonds is 5. The molecular weight excluding hydrogens is 269 g/mol. The van der Waals surface area contributed by atoms with Crippen molar-refractivity contribution < 1.29 is 34.2 Å². The standard InChI is InChI=1S/C6H11NO3S.Rh/c1-11-3-2-6(7,4-8)5(9)10;/h4H,2-3,7H2,1H3,(H,9,10);. The Kier molecular flexibility index (Phi) is 7.99. The molecule has 0 aliphatic rings. The topological polar surface area (TPSA) is 80.4 Å². The molecule has 12 heavy (non-hydrogen) atoms. The van der Waals surface area contributed by atoms with Crippen LogP contribution in [0.15, 0.2) is 0 Å². The molecule has 0 bridgehead atoms. The van der Waals surface area contributed by atoms with Crippen molar-refractivity contribution in [3.05, 3.63) is 0 Å². The van der Waals surface area contributed by atoms with Crippen LogP contribution in [0.25, 0.3) is 0 Å². The fourth-order valence-electron chi connectivity index (χ4n) is 0.487. The number of hydrogen-bond donors (Lipinski definition) is 2. The smallest absolute Gasteiger partial charge is 0.331 e. The van der Waals surface area contributed by atoms with Crippen molar-refractivity contribution in [2.24, 2.45) is 5.73 Å². The van der Waals surface area contributed by atoms with Crippen molar-refractivity contribution in [1.29, 1.82) is 0 Å². The van der Waals surface area contributed by atoms with Crippen LogP contribution in [-0.4, -0.2) is 34.9 Å². The Labute approximate surface area is 88.0 Å². The predicted octanol–water partition coefficient (Wildman–Crippen LogP) is -0.282. The van der Waals surface area contributed by atoms with Gasteiger partial charge in [0.2, 0.25) is 0 Å². The van der Waals surface area contributed by atoms with Gasteiger partial charge in [-0.1, -0.05) is 0 Å². The van der Waals surface area contributed by atoms with Gasteiger partial charge < -0.3 is 15.6 Å². The van der Waals surface area contributed by atoms with E-state index in [1.54, 1.807) is 0 Å². The predicted molar refractivity (Wildman–Crippen MR) is 43.6 cm³/mol. The SMILES string of the molecule is CSCCC(N)(C=O)C(=O)O.[Rh]. The third-order valence-electron chi connectivity index (χ3n) is 1.33. The van der Waals surface area contributed by atoms with E-state index in [2.05, 4.69) is 0 Å². The van der Waals surface area contributed by atoms with Crippen LogP contribution in [-0.2, 0) is 29.1 Å². The zero-order valence-corrected chi connectivity index (χ0v) is 9.03. The first-order valence-electron chi connectivity index (χ1n) is 3.04. The largest absolute Gasteiger partial charge is 0.480 e. The molecule has 0 aromatic heterocycles. The summed E-state index contributed by atoms with van der Waals surface area (Å²) in [6.07, 6.45) is 2.28. The van der Waals surface area contributed by atoms with E-state index in [-0.39, 0.29) is 32.2 Å². The molecule has 73 valence electrons. The number of carbonyl (C=O) groups excluding carboxylic acids is 1. The fraction of sp³-hybridized carbons (Fsp3) is 0.667. The first-order valence-corrected chi connectivity index (χ1v) is 4.44. The van der Waals surface area contributed by atoms with Crippen molar-refractivity contribution in [2.45, 2.75) is 12.0 Å². The number of thioether (sulfide) groups is 1. The summed E-state index contributed by atoms with van der Waals surface area (Å²) in [6.45, 7) is 0. The monoisotopic (exact) mass is 280 g/mol. The van der Waals surface area contributed by atoms with Crippen LogP contribution in [0, 0.1) is 0 Å². The summed E-state index contributed by atoms with van der Waals surface area (Å²) in [5.41, 5.74) is 3.55. The van der Waals surface area contributed by atoms with E-state index in [4.69, 9.17) is 10.8 Å². The maximum absolute atomic E-state index is 10.4.